The largest absolute Gasteiger partial charge is 0.399 e. The summed E-state index contributed by atoms with van der Waals surface area (Å²) in [6, 6.07) is 2.29. The van der Waals surface area contributed by atoms with Crippen LogP contribution in [0.1, 0.15) is 18.4 Å². The van der Waals surface area contributed by atoms with Crippen LogP contribution in [0.2, 0.25) is 0 Å². The summed E-state index contributed by atoms with van der Waals surface area (Å²) in [4.78, 5) is -0.181. The fraction of sp³-hybridized carbons (Fsp3) is 0.455. The fourth-order valence-corrected chi connectivity index (χ4v) is 3.48. The van der Waals surface area contributed by atoms with Crippen molar-refractivity contribution >= 4 is 15.7 Å². The van der Waals surface area contributed by atoms with Crippen molar-refractivity contribution in [2.75, 3.05) is 12.3 Å². The zero-order valence-electron chi connectivity index (χ0n) is 9.90. The van der Waals surface area contributed by atoms with E-state index >= 15 is 0 Å². The van der Waals surface area contributed by atoms with Gasteiger partial charge < -0.3 is 10.8 Å². The Kier molecular flexibility index (Phi) is 3.08. The molecule has 18 heavy (non-hydrogen) atoms. The van der Waals surface area contributed by atoms with Crippen molar-refractivity contribution < 1.29 is 17.9 Å². The average Bonchev–Trinajstić information content (AvgIpc) is 3.03. The molecular weight excluding hydrogens is 259 g/mol. The van der Waals surface area contributed by atoms with Gasteiger partial charge in [-0.15, -0.1) is 0 Å². The number of hydrogen-bond donors (Lipinski definition) is 3. The van der Waals surface area contributed by atoms with E-state index in [9.17, 15) is 12.8 Å². The van der Waals surface area contributed by atoms with Crippen LogP contribution in [0, 0.1) is 12.7 Å². The molecule has 0 saturated heterocycles. The van der Waals surface area contributed by atoms with Crippen molar-refractivity contribution in [1.29, 1.82) is 0 Å². The second-order valence-electron chi connectivity index (χ2n) is 4.67. The number of aliphatic hydroxyl groups is 1. The van der Waals surface area contributed by atoms with E-state index in [0.29, 0.717) is 12.8 Å². The molecule has 0 amide bonds. The molecule has 0 bridgehead atoms. The molecule has 0 aliphatic heterocycles. The van der Waals surface area contributed by atoms with Crippen LogP contribution in [0.4, 0.5) is 10.1 Å². The SMILES string of the molecule is Cc1c(F)cc(N)cc1S(=O)(=O)NC1(CO)CC1. The van der Waals surface area contributed by atoms with Gasteiger partial charge in [0.1, 0.15) is 5.82 Å². The molecule has 1 aliphatic rings. The smallest absolute Gasteiger partial charge is 0.241 e. The first kappa shape index (κ1) is 13.3. The maximum atomic E-state index is 13.5. The van der Waals surface area contributed by atoms with E-state index in [0.717, 1.165) is 6.07 Å². The molecule has 0 unspecified atom stereocenters. The molecule has 1 aromatic rings. The zero-order chi connectivity index (χ0) is 13.6. The number of anilines is 1. The van der Waals surface area contributed by atoms with E-state index in [-0.39, 0.29) is 22.8 Å². The minimum atomic E-state index is -3.87. The van der Waals surface area contributed by atoms with Gasteiger partial charge in [0.05, 0.1) is 17.0 Å². The third-order valence-electron chi connectivity index (χ3n) is 3.12. The maximum Gasteiger partial charge on any atom is 0.241 e. The van der Waals surface area contributed by atoms with Crippen molar-refractivity contribution in [3.8, 4) is 0 Å². The van der Waals surface area contributed by atoms with Crippen LogP contribution in [-0.2, 0) is 10.0 Å². The number of benzene rings is 1. The molecule has 1 fully saturated rings. The van der Waals surface area contributed by atoms with E-state index in [2.05, 4.69) is 4.72 Å². The zero-order valence-corrected chi connectivity index (χ0v) is 10.7. The second-order valence-corrected chi connectivity index (χ2v) is 6.32. The van der Waals surface area contributed by atoms with Crippen LogP contribution < -0.4 is 10.5 Å². The number of hydrogen-bond acceptors (Lipinski definition) is 4. The molecule has 2 rings (SSSR count). The number of sulfonamides is 1. The average molecular weight is 274 g/mol. The molecule has 4 N–H and O–H groups in total. The van der Waals surface area contributed by atoms with Crippen molar-refractivity contribution in [1.82, 2.24) is 4.72 Å². The minimum absolute atomic E-state index is 0.0189. The summed E-state index contributed by atoms with van der Waals surface area (Å²) in [6.07, 6.45) is 1.15. The number of aliphatic hydroxyl groups excluding tert-OH is 1. The molecule has 0 aromatic heterocycles. The number of halogens is 1. The molecule has 0 radical (unpaired) electrons. The van der Waals surface area contributed by atoms with E-state index in [1.807, 2.05) is 0 Å². The molecule has 1 saturated carbocycles. The van der Waals surface area contributed by atoms with Crippen LogP contribution in [0.3, 0.4) is 0 Å². The number of nitrogens with two attached hydrogens (primary N) is 1. The highest BCUT2D eigenvalue weighted by Gasteiger charge is 2.45. The molecular formula is C11H15FN2O3S. The van der Waals surface area contributed by atoms with Gasteiger partial charge in [0.2, 0.25) is 10.0 Å². The lowest BCUT2D eigenvalue weighted by molar-refractivity contribution is 0.246. The first-order valence-electron chi connectivity index (χ1n) is 5.50. The van der Waals surface area contributed by atoms with Gasteiger partial charge in [0.15, 0.2) is 0 Å². The predicted molar refractivity (Wildman–Crippen MR) is 64.9 cm³/mol. The summed E-state index contributed by atoms with van der Waals surface area (Å²) in [5.74, 6) is -0.663. The summed E-state index contributed by atoms with van der Waals surface area (Å²) >= 11 is 0. The Bertz CT molecular complexity index is 582. The molecule has 7 heteroatoms. The first-order chi connectivity index (χ1) is 8.30. The minimum Gasteiger partial charge on any atom is -0.399 e. The van der Waals surface area contributed by atoms with Crippen LogP contribution >= 0.6 is 0 Å². The van der Waals surface area contributed by atoms with Gasteiger partial charge in [-0.25, -0.2) is 17.5 Å². The number of nitrogen functional groups attached to an aromatic ring is 1. The van der Waals surface area contributed by atoms with Gasteiger partial charge in [-0.05, 0) is 31.9 Å². The molecule has 0 atom stereocenters. The first-order valence-corrected chi connectivity index (χ1v) is 6.98. The summed E-state index contributed by atoms with van der Waals surface area (Å²) in [6.45, 7) is 1.11. The summed E-state index contributed by atoms with van der Waals surface area (Å²) in [7, 11) is -3.87. The third kappa shape index (κ3) is 2.33. The Labute approximate surface area is 105 Å². The standard InChI is InChI=1S/C11H15FN2O3S/c1-7-9(12)4-8(13)5-10(7)18(16,17)14-11(6-15)2-3-11/h4-5,14-15H,2-3,6,13H2,1H3. The fourth-order valence-electron chi connectivity index (χ4n) is 1.74. The Morgan fingerprint density at radius 3 is 2.61 bits per heavy atom. The van der Waals surface area contributed by atoms with E-state index in [1.165, 1.54) is 13.0 Å². The highest BCUT2D eigenvalue weighted by molar-refractivity contribution is 7.89. The lowest BCUT2D eigenvalue weighted by Gasteiger charge is -2.16. The van der Waals surface area contributed by atoms with Gasteiger partial charge in [0, 0.05) is 11.3 Å². The topological polar surface area (TPSA) is 92.4 Å². The van der Waals surface area contributed by atoms with Gasteiger partial charge in [0.25, 0.3) is 0 Å². The lowest BCUT2D eigenvalue weighted by Crippen LogP contribution is -2.39. The normalized spacial score (nSPS) is 17.7. The quantitative estimate of drug-likeness (QED) is 0.698. The lowest BCUT2D eigenvalue weighted by atomic mass is 10.2. The van der Waals surface area contributed by atoms with Crippen molar-refractivity contribution in [3.05, 3.63) is 23.5 Å². The van der Waals surface area contributed by atoms with Gasteiger partial charge >= 0.3 is 0 Å². The predicted octanol–water partition coefficient (Wildman–Crippen LogP) is 0.520. The maximum absolute atomic E-state index is 13.5. The van der Waals surface area contributed by atoms with Crippen LogP contribution in [0.5, 0.6) is 0 Å². The third-order valence-corrected chi connectivity index (χ3v) is 4.82. The Balaban J connectivity index is 2.42. The van der Waals surface area contributed by atoms with E-state index in [4.69, 9.17) is 10.8 Å². The van der Waals surface area contributed by atoms with Crippen molar-refractivity contribution in [2.45, 2.75) is 30.2 Å². The molecule has 1 aromatic carbocycles. The van der Waals surface area contributed by atoms with Crippen LogP contribution in [0.15, 0.2) is 17.0 Å². The Morgan fingerprint density at radius 1 is 1.50 bits per heavy atom. The van der Waals surface area contributed by atoms with Crippen molar-refractivity contribution in [3.63, 3.8) is 0 Å². The highest BCUT2D eigenvalue weighted by Crippen LogP contribution is 2.36. The monoisotopic (exact) mass is 274 g/mol. The van der Waals surface area contributed by atoms with Crippen molar-refractivity contribution in [2.24, 2.45) is 0 Å². The molecule has 0 heterocycles. The van der Waals surface area contributed by atoms with E-state index in [1.54, 1.807) is 0 Å². The van der Waals surface area contributed by atoms with Crippen LogP contribution in [-0.4, -0.2) is 25.7 Å². The second kappa shape index (κ2) is 4.18. The Morgan fingerprint density at radius 2 is 2.11 bits per heavy atom. The van der Waals surface area contributed by atoms with Crippen LogP contribution in [0.25, 0.3) is 0 Å². The molecule has 1 aliphatic carbocycles. The van der Waals surface area contributed by atoms with Gasteiger partial charge in [-0.1, -0.05) is 0 Å². The van der Waals surface area contributed by atoms with E-state index < -0.39 is 21.4 Å². The highest BCUT2D eigenvalue weighted by atomic mass is 32.2. The number of rotatable bonds is 4. The summed E-state index contributed by atoms with van der Waals surface area (Å²) in [5.41, 5.74) is 4.74. The number of nitrogens with one attached hydrogen (secondary N) is 1. The Hall–Kier alpha value is -1.18. The summed E-state index contributed by atoms with van der Waals surface area (Å²) < 4.78 is 40.1. The molecule has 100 valence electrons. The molecule has 5 nitrogen and oxygen atoms in total. The van der Waals surface area contributed by atoms with Gasteiger partial charge in [-0.2, -0.15) is 0 Å². The molecule has 0 spiro atoms. The summed E-state index contributed by atoms with van der Waals surface area (Å²) in [5, 5.41) is 9.12. The van der Waals surface area contributed by atoms with Gasteiger partial charge in [-0.3, -0.25) is 0 Å².